The van der Waals surface area contributed by atoms with Gasteiger partial charge in [-0.1, -0.05) is 6.92 Å². The van der Waals surface area contributed by atoms with Crippen molar-refractivity contribution in [3.63, 3.8) is 0 Å². The standard InChI is InChI=1S/C14H20N2O3/c1-8-5-10(11(6-8)14(18)19)13(17)16-12-4-2-3-9(12)7-15/h8-12H,2-6H2,1H3,(H,16,17)(H,18,19). The fourth-order valence-corrected chi connectivity index (χ4v) is 3.43. The van der Waals surface area contributed by atoms with Gasteiger partial charge in [0.2, 0.25) is 5.91 Å². The molecule has 0 bridgehead atoms. The molecule has 2 rings (SSSR count). The summed E-state index contributed by atoms with van der Waals surface area (Å²) in [7, 11) is 0. The van der Waals surface area contributed by atoms with Crippen LogP contribution in [0.25, 0.3) is 0 Å². The number of hydrogen-bond donors (Lipinski definition) is 2. The van der Waals surface area contributed by atoms with Gasteiger partial charge in [0.1, 0.15) is 0 Å². The molecule has 0 saturated heterocycles. The van der Waals surface area contributed by atoms with Crippen LogP contribution in [0.3, 0.4) is 0 Å². The molecule has 0 spiro atoms. The second-order valence-corrected chi connectivity index (χ2v) is 5.91. The van der Waals surface area contributed by atoms with Crippen molar-refractivity contribution < 1.29 is 14.7 Å². The molecule has 104 valence electrons. The number of nitrogens with one attached hydrogen (secondary N) is 1. The summed E-state index contributed by atoms with van der Waals surface area (Å²) in [5.41, 5.74) is 0. The largest absolute Gasteiger partial charge is 0.481 e. The van der Waals surface area contributed by atoms with Crippen LogP contribution in [-0.2, 0) is 9.59 Å². The third kappa shape index (κ3) is 2.89. The molecule has 1 amide bonds. The van der Waals surface area contributed by atoms with E-state index in [4.69, 9.17) is 5.26 Å². The van der Waals surface area contributed by atoms with Crippen LogP contribution in [0.2, 0.25) is 0 Å². The van der Waals surface area contributed by atoms with Gasteiger partial charge >= 0.3 is 5.97 Å². The zero-order chi connectivity index (χ0) is 14.0. The summed E-state index contributed by atoms with van der Waals surface area (Å²) >= 11 is 0. The summed E-state index contributed by atoms with van der Waals surface area (Å²) in [4.78, 5) is 23.4. The maximum Gasteiger partial charge on any atom is 0.307 e. The predicted octanol–water partition coefficient (Wildman–Crippen LogP) is 1.54. The second kappa shape index (κ2) is 5.60. The van der Waals surface area contributed by atoms with Gasteiger partial charge in [0, 0.05) is 6.04 Å². The molecular weight excluding hydrogens is 244 g/mol. The van der Waals surface area contributed by atoms with Gasteiger partial charge in [-0.25, -0.2) is 0 Å². The highest BCUT2D eigenvalue weighted by Crippen LogP contribution is 2.37. The molecule has 0 radical (unpaired) electrons. The van der Waals surface area contributed by atoms with E-state index in [0.717, 1.165) is 19.3 Å². The topological polar surface area (TPSA) is 90.2 Å². The summed E-state index contributed by atoms with van der Waals surface area (Å²) in [6.45, 7) is 1.98. The Labute approximate surface area is 113 Å². The van der Waals surface area contributed by atoms with Gasteiger partial charge in [-0.15, -0.1) is 0 Å². The number of carboxylic acids is 1. The summed E-state index contributed by atoms with van der Waals surface area (Å²) in [5.74, 6) is -1.92. The van der Waals surface area contributed by atoms with Crippen LogP contribution in [0, 0.1) is 35.0 Å². The number of carboxylic acid groups (broad SMARTS) is 1. The maximum atomic E-state index is 12.2. The van der Waals surface area contributed by atoms with Crippen LogP contribution in [0.1, 0.15) is 39.0 Å². The van der Waals surface area contributed by atoms with Crippen molar-refractivity contribution in [3.8, 4) is 6.07 Å². The van der Waals surface area contributed by atoms with Crippen LogP contribution in [-0.4, -0.2) is 23.0 Å². The molecule has 0 heterocycles. The van der Waals surface area contributed by atoms with Crippen molar-refractivity contribution in [1.29, 1.82) is 5.26 Å². The molecule has 2 saturated carbocycles. The van der Waals surface area contributed by atoms with E-state index in [9.17, 15) is 14.7 Å². The smallest absolute Gasteiger partial charge is 0.307 e. The number of carbonyl (C=O) groups is 2. The molecule has 5 heteroatoms. The van der Waals surface area contributed by atoms with E-state index in [2.05, 4.69) is 11.4 Å². The first kappa shape index (κ1) is 13.9. The summed E-state index contributed by atoms with van der Waals surface area (Å²) in [6.07, 6.45) is 3.80. The zero-order valence-electron chi connectivity index (χ0n) is 11.1. The Kier molecular flexibility index (Phi) is 4.08. The molecule has 5 nitrogen and oxygen atoms in total. The highest BCUT2D eigenvalue weighted by atomic mass is 16.4. The number of nitriles is 1. The van der Waals surface area contributed by atoms with Crippen LogP contribution in [0.4, 0.5) is 0 Å². The lowest BCUT2D eigenvalue weighted by Gasteiger charge is -2.20. The van der Waals surface area contributed by atoms with Crippen molar-refractivity contribution in [2.75, 3.05) is 0 Å². The van der Waals surface area contributed by atoms with E-state index in [-0.39, 0.29) is 23.8 Å². The Hall–Kier alpha value is -1.57. The number of aliphatic carboxylic acids is 1. The molecule has 2 aliphatic rings. The van der Waals surface area contributed by atoms with Crippen molar-refractivity contribution in [2.24, 2.45) is 23.7 Å². The lowest BCUT2D eigenvalue weighted by atomic mass is 9.94. The quantitative estimate of drug-likeness (QED) is 0.809. The van der Waals surface area contributed by atoms with Crippen molar-refractivity contribution in [3.05, 3.63) is 0 Å². The van der Waals surface area contributed by atoms with E-state index >= 15 is 0 Å². The van der Waals surface area contributed by atoms with Gasteiger partial charge in [-0.3, -0.25) is 9.59 Å². The second-order valence-electron chi connectivity index (χ2n) is 5.91. The van der Waals surface area contributed by atoms with Crippen molar-refractivity contribution in [2.45, 2.75) is 45.1 Å². The lowest BCUT2D eigenvalue weighted by Crippen LogP contribution is -2.42. The molecular formula is C14H20N2O3. The SMILES string of the molecule is CC1CC(C(=O)O)C(C(=O)NC2CCCC2C#N)C1. The normalized spacial score (nSPS) is 37.8. The first-order chi connectivity index (χ1) is 9.02. The average Bonchev–Trinajstić information content (AvgIpc) is 2.95. The molecule has 2 aliphatic carbocycles. The Morgan fingerprint density at radius 2 is 1.95 bits per heavy atom. The summed E-state index contributed by atoms with van der Waals surface area (Å²) in [6, 6.07) is 2.13. The molecule has 0 aromatic heterocycles. The predicted molar refractivity (Wildman–Crippen MR) is 67.9 cm³/mol. The summed E-state index contributed by atoms with van der Waals surface area (Å²) in [5, 5.41) is 21.1. The van der Waals surface area contributed by atoms with Gasteiger partial charge in [-0.2, -0.15) is 5.26 Å². The number of hydrogen-bond acceptors (Lipinski definition) is 3. The number of rotatable bonds is 3. The lowest BCUT2D eigenvalue weighted by molar-refractivity contribution is -0.146. The van der Waals surface area contributed by atoms with E-state index in [1.807, 2.05) is 6.92 Å². The van der Waals surface area contributed by atoms with Crippen LogP contribution < -0.4 is 5.32 Å². The van der Waals surface area contributed by atoms with Gasteiger partial charge in [0.15, 0.2) is 0 Å². The third-order valence-electron chi connectivity index (χ3n) is 4.46. The Balaban J connectivity index is 1.99. The van der Waals surface area contributed by atoms with E-state index in [0.29, 0.717) is 12.8 Å². The fourth-order valence-electron chi connectivity index (χ4n) is 3.43. The number of amides is 1. The molecule has 0 aromatic rings. The first-order valence-electron chi connectivity index (χ1n) is 6.95. The van der Waals surface area contributed by atoms with Gasteiger partial charge < -0.3 is 10.4 Å². The molecule has 5 atom stereocenters. The molecule has 0 aromatic carbocycles. The van der Waals surface area contributed by atoms with E-state index in [1.54, 1.807) is 0 Å². The minimum Gasteiger partial charge on any atom is -0.481 e. The highest BCUT2D eigenvalue weighted by molar-refractivity contribution is 5.85. The molecule has 2 N–H and O–H groups in total. The average molecular weight is 264 g/mol. The number of nitrogens with zero attached hydrogens (tertiary/aromatic N) is 1. The zero-order valence-corrected chi connectivity index (χ0v) is 11.1. The third-order valence-corrected chi connectivity index (χ3v) is 4.46. The van der Waals surface area contributed by atoms with Crippen LogP contribution in [0.15, 0.2) is 0 Å². The van der Waals surface area contributed by atoms with Crippen molar-refractivity contribution >= 4 is 11.9 Å². The number of carbonyl (C=O) groups excluding carboxylic acids is 1. The maximum absolute atomic E-state index is 12.2. The van der Waals surface area contributed by atoms with Crippen LogP contribution >= 0.6 is 0 Å². The van der Waals surface area contributed by atoms with Gasteiger partial charge in [-0.05, 0) is 38.0 Å². The fraction of sp³-hybridized carbons (Fsp3) is 0.786. The Morgan fingerprint density at radius 1 is 1.26 bits per heavy atom. The monoisotopic (exact) mass is 264 g/mol. The Bertz CT molecular complexity index is 415. The van der Waals surface area contributed by atoms with Gasteiger partial charge in [0.05, 0.1) is 23.8 Å². The molecule has 0 aliphatic heterocycles. The van der Waals surface area contributed by atoms with Gasteiger partial charge in [0.25, 0.3) is 0 Å². The highest BCUT2D eigenvalue weighted by Gasteiger charge is 2.42. The first-order valence-corrected chi connectivity index (χ1v) is 6.95. The van der Waals surface area contributed by atoms with Crippen LogP contribution in [0.5, 0.6) is 0 Å². The minimum absolute atomic E-state index is 0.0946. The molecule has 2 fully saturated rings. The van der Waals surface area contributed by atoms with Crippen molar-refractivity contribution in [1.82, 2.24) is 5.32 Å². The van der Waals surface area contributed by atoms with E-state index in [1.165, 1.54) is 0 Å². The van der Waals surface area contributed by atoms with E-state index < -0.39 is 17.8 Å². The molecule has 5 unspecified atom stereocenters. The molecule has 19 heavy (non-hydrogen) atoms. The minimum atomic E-state index is -0.882. The Morgan fingerprint density at radius 3 is 2.58 bits per heavy atom. The summed E-state index contributed by atoms with van der Waals surface area (Å²) < 4.78 is 0.